The van der Waals surface area contributed by atoms with Crippen LogP contribution in [0.1, 0.15) is 16.1 Å². The van der Waals surface area contributed by atoms with Crippen LogP contribution in [0.25, 0.3) is 11.0 Å². The van der Waals surface area contributed by atoms with Crippen LogP contribution < -0.4 is 15.5 Å². The van der Waals surface area contributed by atoms with Gasteiger partial charge in [0.05, 0.1) is 5.39 Å². The third-order valence-corrected chi connectivity index (χ3v) is 3.46. The lowest BCUT2D eigenvalue weighted by molar-refractivity contribution is -0.0498. The molecule has 0 atom stereocenters. The van der Waals surface area contributed by atoms with Gasteiger partial charge >= 0.3 is 6.61 Å². The molecule has 0 bridgehead atoms. The number of nitrogens with one attached hydrogen (secondary N) is 1. The number of para-hydroxylation sites is 1. The maximum Gasteiger partial charge on any atom is 0.387 e. The van der Waals surface area contributed by atoms with E-state index < -0.39 is 12.5 Å². The molecule has 1 aromatic heterocycles. The molecule has 0 radical (unpaired) electrons. The Kier molecular flexibility index (Phi) is 4.74. The molecule has 0 aliphatic heterocycles. The van der Waals surface area contributed by atoms with Gasteiger partial charge in [-0.1, -0.05) is 24.3 Å². The molecule has 0 spiro atoms. The summed E-state index contributed by atoms with van der Waals surface area (Å²) in [6.07, 6.45) is 0. The Hall–Kier alpha value is -3.22. The Morgan fingerprint density at radius 3 is 2.56 bits per heavy atom. The zero-order valence-electron chi connectivity index (χ0n) is 12.9. The predicted octanol–water partition coefficient (Wildman–Crippen LogP) is 3.32. The fourth-order valence-electron chi connectivity index (χ4n) is 2.27. The lowest BCUT2D eigenvalue weighted by Gasteiger charge is -2.07. The molecule has 5 nitrogen and oxygen atoms in total. The van der Waals surface area contributed by atoms with Crippen LogP contribution in [-0.4, -0.2) is 12.5 Å². The zero-order valence-corrected chi connectivity index (χ0v) is 12.9. The molecule has 1 heterocycles. The lowest BCUT2D eigenvalue weighted by atomic mass is 10.2. The molecule has 128 valence electrons. The van der Waals surface area contributed by atoms with Crippen molar-refractivity contribution in [3.05, 3.63) is 76.1 Å². The largest absolute Gasteiger partial charge is 0.451 e. The Morgan fingerprint density at radius 2 is 1.84 bits per heavy atom. The average molecular weight is 345 g/mol. The molecular weight excluding hydrogens is 332 g/mol. The molecule has 0 aliphatic rings. The molecule has 0 saturated heterocycles. The Balaban J connectivity index is 1.69. The number of benzene rings is 2. The van der Waals surface area contributed by atoms with E-state index in [9.17, 15) is 18.4 Å². The average Bonchev–Trinajstić information content (AvgIpc) is 2.60. The van der Waals surface area contributed by atoms with Crippen molar-refractivity contribution < 1.29 is 22.7 Å². The number of hydrogen-bond donors (Lipinski definition) is 1. The molecule has 1 N–H and O–H groups in total. The molecule has 3 rings (SSSR count). The number of halogens is 2. The number of ether oxygens (including phenoxy) is 1. The maximum atomic E-state index is 12.2. The molecule has 0 fully saturated rings. The number of alkyl halides is 2. The second kappa shape index (κ2) is 7.12. The molecule has 1 amide bonds. The van der Waals surface area contributed by atoms with Crippen molar-refractivity contribution in [2.75, 3.05) is 0 Å². The number of hydrogen-bond acceptors (Lipinski definition) is 4. The SMILES string of the molecule is O=C(NCc1ccc(OC(F)F)cc1)c1cc(=O)c2ccccc2o1. The molecule has 2 aromatic carbocycles. The summed E-state index contributed by atoms with van der Waals surface area (Å²) in [6, 6.07) is 13.6. The number of carbonyl (C=O) groups is 1. The van der Waals surface area contributed by atoms with E-state index in [0.29, 0.717) is 16.5 Å². The molecular formula is C18H13F2NO4. The van der Waals surface area contributed by atoms with Crippen LogP contribution >= 0.6 is 0 Å². The highest BCUT2D eigenvalue weighted by molar-refractivity contribution is 5.93. The van der Waals surface area contributed by atoms with Gasteiger partial charge in [0.1, 0.15) is 11.3 Å². The van der Waals surface area contributed by atoms with Crippen molar-refractivity contribution in [2.24, 2.45) is 0 Å². The van der Waals surface area contributed by atoms with Gasteiger partial charge in [-0.15, -0.1) is 0 Å². The van der Waals surface area contributed by atoms with Crippen molar-refractivity contribution in [3.63, 3.8) is 0 Å². The van der Waals surface area contributed by atoms with Crippen molar-refractivity contribution in [2.45, 2.75) is 13.2 Å². The molecule has 25 heavy (non-hydrogen) atoms. The van der Waals surface area contributed by atoms with Gasteiger partial charge in [0.2, 0.25) is 0 Å². The summed E-state index contributed by atoms with van der Waals surface area (Å²) in [5.41, 5.74) is 0.701. The fourth-order valence-corrected chi connectivity index (χ4v) is 2.27. The highest BCUT2D eigenvalue weighted by atomic mass is 19.3. The minimum absolute atomic E-state index is 0.0330. The van der Waals surface area contributed by atoms with E-state index in [1.807, 2.05) is 0 Å². The number of fused-ring (bicyclic) bond motifs is 1. The molecule has 3 aromatic rings. The Morgan fingerprint density at radius 1 is 1.12 bits per heavy atom. The van der Waals surface area contributed by atoms with E-state index >= 15 is 0 Å². The van der Waals surface area contributed by atoms with Gasteiger partial charge in [-0.2, -0.15) is 8.78 Å². The van der Waals surface area contributed by atoms with Crippen LogP contribution in [0.3, 0.4) is 0 Å². The van der Waals surface area contributed by atoms with Crippen LogP contribution in [0.4, 0.5) is 8.78 Å². The van der Waals surface area contributed by atoms with Crippen LogP contribution in [0.2, 0.25) is 0 Å². The van der Waals surface area contributed by atoms with Crippen molar-refractivity contribution in [1.82, 2.24) is 5.32 Å². The highest BCUT2D eigenvalue weighted by Gasteiger charge is 2.12. The van der Waals surface area contributed by atoms with Crippen molar-refractivity contribution in [1.29, 1.82) is 0 Å². The van der Waals surface area contributed by atoms with Crippen LogP contribution in [0.5, 0.6) is 5.75 Å². The van der Waals surface area contributed by atoms with E-state index in [-0.39, 0.29) is 23.5 Å². The van der Waals surface area contributed by atoms with Crippen LogP contribution in [0.15, 0.2) is 63.8 Å². The first-order chi connectivity index (χ1) is 12.0. The lowest BCUT2D eigenvalue weighted by Crippen LogP contribution is -2.24. The second-order valence-electron chi connectivity index (χ2n) is 5.18. The van der Waals surface area contributed by atoms with E-state index in [1.165, 1.54) is 12.1 Å². The quantitative estimate of drug-likeness (QED) is 0.770. The monoisotopic (exact) mass is 345 g/mol. The van der Waals surface area contributed by atoms with Gasteiger partial charge in [0.15, 0.2) is 11.2 Å². The Labute approximate surface area is 140 Å². The summed E-state index contributed by atoms with van der Waals surface area (Å²) in [7, 11) is 0. The first-order valence-corrected chi connectivity index (χ1v) is 7.38. The summed E-state index contributed by atoms with van der Waals surface area (Å²) in [4.78, 5) is 24.1. The minimum atomic E-state index is -2.89. The number of amides is 1. The predicted molar refractivity (Wildman–Crippen MR) is 86.7 cm³/mol. The third-order valence-electron chi connectivity index (χ3n) is 3.46. The van der Waals surface area contributed by atoms with Gasteiger partial charge in [-0.3, -0.25) is 9.59 Å². The second-order valence-corrected chi connectivity index (χ2v) is 5.18. The van der Waals surface area contributed by atoms with E-state index in [1.54, 1.807) is 36.4 Å². The smallest absolute Gasteiger partial charge is 0.387 e. The minimum Gasteiger partial charge on any atom is -0.451 e. The molecule has 0 saturated carbocycles. The van der Waals surface area contributed by atoms with Crippen LogP contribution in [0, 0.1) is 0 Å². The highest BCUT2D eigenvalue weighted by Crippen LogP contribution is 2.15. The zero-order chi connectivity index (χ0) is 17.8. The van der Waals surface area contributed by atoms with Gasteiger partial charge in [-0.25, -0.2) is 0 Å². The summed E-state index contributed by atoms with van der Waals surface area (Å²) in [5, 5.41) is 3.00. The van der Waals surface area contributed by atoms with E-state index in [0.717, 1.165) is 6.07 Å². The van der Waals surface area contributed by atoms with E-state index in [2.05, 4.69) is 10.1 Å². The summed E-state index contributed by atoms with van der Waals surface area (Å²) in [6.45, 7) is -2.74. The molecule has 0 unspecified atom stereocenters. The fraction of sp³-hybridized carbons (Fsp3) is 0.111. The third kappa shape index (κ3) is 4.00. The standard InChI is InChI=1S/C18H13F2NO4/c19-18(20)24-12-7-5-11(6-8-12)10-21-17(23)16-9-14(22)13-3-1-2-4-15(13)25-16/h1-9,18H,10H2,(H,21,23). The van der Waals surface area contributed by atoms with Crippen molar-refractivity contribution >= 4 is 16.9 Å². The topological polar surface area (TPSA) is 68.5 Å². The van der Waals surface area contributed by atoms with Gasteiger partial charge in [0.25, 0.3) is 5.91 Å². The first-order valence-electron chi connectivity index (χ1n) is 7.38. The van der Waals surface area contributed by atoms with Gasteiger partial charge < -0.3 is 14.5 Å². The molecule has 0 aliphatic carbocycles. The molecule has 7 heteroatoms. The van der Waals surface area contributed by atoms with Crippen LogP contribution in [-0.2, 0) is 6.54 Å². The number of rotatable bonds is 5. The summed E-state index contributed by atoms with van der Waals surface area (Å²) < 4.78 is 33.9. The van der Waals surface area contributed by atoms with Gasteiger partial charge in [0, 0.05) is 12.6 Å². The first kappa shape index (κ1) is 16.6. The summed E-state index contributed by atoms with van der Waals surface area (Å²) in [5.74, 6) is -0.609. The summed E-state index contributed by atoms with van der Waals surface area (Å²) >= 11 is 0. The van der Waals surface area contributed by atoms with E-state index in [4.69, 9.17) is 4.42 Å². The normalized spacial score (nSPS) is 10.8. The maximum absolute atomic E-state index is 12.2. The number of carbonyl (C=O) groups excluding carboxylic acids is 1. The van der Waals surface area contributed by atoms with Gasteiger partial charge in [-0.05, 0) is 29.8 Å². The Bertz CT molecular complexity index is 951. The van der Waals surface area contributed by atoms with Crippen molar-refractivity contribution in [3.8, 4) is 5.75 Å².